The number of carboxylic acid groups (broad SMARTS) is 1. The number of carbonyl (C=O) groups is 1. The van der Waals surface area contributed by atoms with Gasteiger partial charge in [0.25, 0.3) is 0 Å². The molecule has 0 spiro atoms. The second kappa shape index (κ2) is 3.83. The van der Waals surface area contributed by atoms with Crippen molar-refractivity contribution in [2.24, 2.45) is 11.8 Å². The van der Waals surface area contributed by atoms with Crippen molar-refractivity contribution in [3.8, 4) is 0 Å². The van der Waals surface area contributed by atoms with Gasteiger partial charge in [-0.15, -0.1) is 0 Å². The first-order valence-electron chi connectivity index (χ1n) is 6.88. The van der Waals surface area contributed by atoms with E-state index in [4.69, 9.17) is 9.52 Å². The highest BCUT2D eigenvalue weighted by Gasteiger charge is 2.54. The molecule has 0 saturated heterocycles. The summed E-state index contributed by atoms with van der Waals surface area (Å²) in [7, 11) is 0. The fourth-order valence-corrected chi connectivity index (χ4v) is 3.64. The summed E-state index contributed by atoms with van der Waals surface area (Å²) < 4.78 is 5.78. The van der Waals surface area contributed by atoms with E-state index in [-0.39, 0.29) is 5.56 Å². The van der Waals surface area contributed by atoms with Gasteiger partial charge in [0.05, 0.1) is 0 Å². The number of hydrogen-bond acceptors (Lipinski definition) is 3. The van der Waals surface area contributed by atoms with Crippen molar-refractivity contribution in [2.45, 2.75) is 31.6 Å². The molecular weight excluding hydrogens is 242 g/mol. The topological polar surface area (TPSA) is 63.3 Å². The zero-order chi connectivity index (χ0) is 13.0. The molecular formula is C15H15NO3. The molecule has 1 aromatic heterocycles. The Morgan fingerprint density at radius 2 is 2.00 bits per heavy atom. The third kappa shape index (κ3) is 1.59. The summed E-state index contributed by atoms with van der Waals surface area (Å²) >= 11 is 0. The molecule has 0 bridgehead atoms. The number of aromatic nitrogens is 1. The third-order valence-electron chi connectivity index (χ3n) is 4.60. The minimum Gasteiger partial charge on any atom is -0.478 e. The number of rotatable bonds is 2. The molecule has 2 aliphatic rings. The number of oxazole rings is 1. The van der Waals surface area contributed by atoms with Crippen molar-refractivity contribution in [3.05, 3.63) is 29.7 Å². The number of carboxylic acids is 1. The Labute approximate surface area is 110 Å². The highest BCUT2D eigenvalue weighted by atomic mass is 16.4. The summed E-state index contributed by atoms with van der Waals surface area (Å²) in [6.45, 7) is 0. The summed E-state index contributed by atoms with van der Waals surface area (Å²) in [4.78, 5) is 15.7. The van der Waals surface area contributed by atoms with Gasteiger partial charge in [-0.1, -0.05) is 18.9 Å². The van der Waals surface area contributed by atoms with Crippen LogP contribution >= 0.6 is 0 Å². The van der Waals surface area contributed by atoms with Crippen LogP contribution in [0.4, 0.5) is 0 Å². The van der Waals surface area contributed by atoms with E-state index in [0.29, 0.717) is 17.0 Å². The molecule has 2 aliphatic carbocycles. The molecule has 1 N–H and O–H groups in total. The van der Waals surface area contributed by atoms with E-state index in [9.17, 15) is 4.79 Å². The minimum atomic E-state index is -0.957. The maximum Gasteiger partial charge on any atom is 0.339 e. The molecule has 1 aromatic carbocycles. The zero-order valence-corrected chi connectivity index (χ0v) is 10.5. The van der Waals surface area contributed by atoms with Gasteiger partial charge in [0.15, 0.2) is 11.5 Å². The Morgan fingerprint density at radius 3 is 2.68 bits per heavy atom. The summed E-state index contributed by atoms with van der Waals surface area (Å²) in [5, 5.41) is 9.16. The lowest BCUT2D eigenvalue weighted by atomic mass is 10.0. The first-order valence-corrected chi connectivity index (χ1v) is 6.88. The third-order valence-corrected chi connectivity index (χ3v) is 4.60. The van der Waals surface area contributed by atoms with Crippen molar-refractivity contribution in [1.29, 1.82) is 0 Å². The highest BCUT2D eigenvalue weighted by molar-refractivity contribution is 5.99. The molecule has 2 unspecified atom stereocenters. The van der Waals surface area contributed by atoms with Gasteiger partial charge in [0.2, 0.25) is 0 Å². The molecule has 2 fully saturated rings. The summed E-state index contributed by atoms with van der Waals surface area (Å²) in [6.07, 6.45) is 5.14. The van der Waals surface area contributed by atoms with E-state index >= 15 is 0 Å². The molecule has 0 aliphatic heterocycles. The lowest BCUT2D eigenvalue weighted by Gasteiger charge is -2.04. The SMILES string of the molecule is O=C(O)c1cccc2nc(C3C4CCCCC43)oc12. The van der Waals surface area contributed by atoms with Gasteiger partial charge in [-0.25, -0.2) is 9.78 Å². The van der Waals surface area contributed by atoms with Gasteiger partial charge in [-0.05, 0) is 36.8 Å². The van der Waals surface area contributed by atoms with E-state index in [2.05, 4.69) is 4.98 Å². The molecule has 0 radical (unpaired) electrons. The van der Waals surface area contributed by atoms with Gasteiger partial charge >= 0.3 is 5.97 Å². The van der Waals surface area contributed by atoms with Crippen molar-refractivity contribution in [1.82, 2.24) is 4.98 Å². The lowest BCUT2D eigenvalue weighted by Crippen LogP contribution is -1.95. The fourth-order valence-electron chi connectivity index (χ4n) is 3.64. The number of hydrogen-bond donors (Lipinski definition) is 1. The average Bonchev–Trinajstić information content (AvgIpc) is 2.99. The second-order valence-corrected chi connectivity index (χ2v) is 5.65. The van der Waals surface area contributed by atoms with Crippen LogP contribution in [0.3, 0.4) is 0 Å². The summed E-state index contributed by atoms with van der Waals surface area (Å²) in [5.41, 5.74) is 1.30. The predicted molar refractivity (Wildman–Crippen MR) is 69.2 cm³/mol. The van der Waals surface area contributed by atoms with Gasteiger partial charge in [-0.3, -0.25) is 0 Å². The minimum absolute atomic E-state index is 0.208. The van der Waals surface area contributed by atoms with Crippen LogP contribution in [0.15, 0.2) is 22.6 Å². The molecule has 98 valence electrons. The number of nitrogens with zero attached hydrogens (tertiary/aromatic N) is 1. The van der Waals surface area contributed by atoms with Crippen LogP contribution in [0.2, 0.25) is 0 Å². The summed E-state index contributed by atoms with van der Waals surface area (Å²) in [6, 6.07) is 5.11. The predicted octanol–water partition coefficient (Wildman–Crippen LogP) is 3.43. The Hall–Kier alpha value is -1.84. The van der Waals surface area contributed by atoms with Crippen LogP contribution in [0.1, 0.15) is 47.8 Å². The van der Waals surface area contributed by atoms with E-state index in [1.165, 1.54) is 25.7 Å². The highest BCUT2D eigenvalue weighted by Crippen LogP contribution is 2.61. The van der Waals surface area contributed by atoms with Crippen molar-refractivity contribution in [3.63, 3.8) is 0 Å². The van der Waals surface area contributed by atoms with Crippen molar-refractivity contribution < 1.29 is 14.3 Å². The fraction of sp³-hybridized carbons (Fsp3) is 0.467. The van der Waals surface area contributed by atoms with E-state index in [1.54, 1.807) is 12.1 Å². The van der Waals surface area contributed by atoms with Crippen LogP contribution < -0.4 is 0 Å². The largest absolute Gasteiger partial charge is 0.478 e. The monoisotopic (exact) mass is 257 g/mol. The van der Waals surface area contributed by atoms with Gasteiger partial charge in [0.1, 0.15) is 11.1 Å². The molecule has 4 heteroatoms. The number of para-hydroxylation sites is 1. The van der Waals surface area contributed by atoms with E-state index < -0.39 is 5.97 Å². The number of aromatic carboxylic acids is 1. The lowest BCUT2D eigenvalue weighted by molar-refractivity contribution is 0.0698. The molecule has 4 nitrogen and oxygen atoms in total. The van der Waals surface area contributed by atoms with Gasteiger partial charge < -0.3 is 9.52 Å². The smallest absolute Gasteiger partial charge is 0.339 e. The van der Waals surface area contributed by atoms with Crippen molar-refractivity contribution >= 4 is 17.1 Å². The van der Waals surface area contributed by atoms with E-state index in [0.717, 1.165) is 17.7 Å². The quantitative estimate of drug-likeness (QED) is 0.895. The van der Waals surface area contributed by atoms with Crippen LogP contribution in [0.5, 0.6) is 0 Å². The zero-order valence-electron chi connectivity index (χ0n) is 10.5. The Bertz CT molecular complexity index is 648. The molecule has 2 atom stereocenters. The molecule has 2 saturated carbocycles. The Balaban J connectivity index is 1.76. The number of fused-ring (bicyclic) bond motifs is 2. The standard InChI is InChI=1S/C15H15NO3/c17-15(18)10-6-3-7-11-13(10)19-14(16-11)12-8-4-1-2-5-9(8)12/h3,6-9,12H,1-2,4-5H2,(H,17,18). The summed E-state index contributed by atoms with van der Waals surface area (Å²) in [5.74, 6) is 1.66. The molecule has 1 heterocycles. The van der Waals surface area contributed by atoms with Crippen molar-refractivity contribution in [2.75, 3.05) is 0 Å². The molecule has 19 heavy (non-hydrogen) atoms. The first kappa shape index (κ1) is 11.0. The molecule has 0 amide bonds. The maximum atomic E-state index is 11.2. The molecule has 4 rings (SSSR count). The average molecular weight is 257 g/mol. The normalized spacial score (nSPS) is 29.2. The second-order valence-electron chi connectivity index (χ2n) is 5.65. The van der Waals surface area contributed by atoms with Crippen LogP contribution in [-0.2, 0) is 0 Å². The van der Waals surface area contributed by atoms with Gasteiger partial charge in [-0.2, -0.15) is 0 Å². The Morgan fingerprint density at radius 1 is 1.26 bits per heavy atom. The van der Waals surface area contributed by atoms with Crippen LogP contribution in [0, 0.1) is 11.8 Å². The Kier molecular flexibility index (Phi) is 2.22. The maximum absolute atomic E-state index is 11.2. The molecule has 2 aromatic rings. The van der Waals surface area contributed by atoms with E-state index in [1.807, 2.05) is 6.07 Å². The first-order chi connectivity index (χ1) is 9.25. The van der Waals surface area contributed by atoms with Gasteiger partial charge in [0, 0.05) is 5.92 Å². The number of benzene rings is 1. The van der Waals surface area contributed by atoms with Crippen LogP contribution in [0.25, 0.3) is 11.1 Å². The van der Waals surface area contributed by atoms with Crippen LogP contribution in [-0.4, -0.2) is 16.1 Å².